The molecule has 2 rings (SSSR count). The van der Waals surface area contributed by atoms with Gasteiger partial charge >= 0.3 is 5.76 Å². The number of hydrogen-bond donors (Lipinski definition) is 1. The fourth-order valence-electron chi connectivity index (χ4n) is 1.80. The molecule has 1 aromatic heterocycles. The number of aryl methyl sites for hydroxylation is 1. The normalized spacial score (nSPS) is 13.2. The van der Waals surface area contributed by atoms with Crippen LogP contribution < -0.4 is 11.5 Å². The summed E-state index contributed by atoms with van der Waals surface area (Å²) >= 11 is 0. The standard InChI is InChI=1S/C12H16N2O2/c1-3-6-14-10-5-4-9(8(2)13)7-11(10)16-12(14)15/h4-5,7-8H,3,6,13H2,1-2H3/t8-/m1/s1. The van der Waals surface area contributed by atoms with E-state index in [-0.39, 0.29) is 11.8 Å². The van der Waals surface area contributed by atoms with Gasteiger partial charge < -0.3 is 10.2 Å². The average Bonchev–Trinajstić information content (AvgIpc) is 2.55. The summed E-state index contributed by atoms with van der Waals surface area (Å²) in [4.78, 5) is 11.6. The van der Waals surface area contributed by atoms with E-state index >= 15 is 0 Å². The molecule has 2 aromatic rings. The molecule has 0 aliphatic carbocycles. The highest BCUT2D eigenvalue weighted by atomic mass is 16.4. The molecule has 86 valence electrons. The number of benzene rings is 1. The van der Waals surface area contributed by atoms with Crippen molar-refractivity contribution in [2.45, 2.75) is 32.9 Å². The van der Waals surface area contributed by atoms with Crippen LogP contribution in [0.5, 0.6) is 0 Å². The van der Waals surface area contributed by atoms with Gasteiger partial charge in [0.1, 0.15) is 0 Å². The van der Waals surface area contributed by atoms with E-state index in [1.54, 1.807) is 4.57 Å². The van der Waals surface area contributed by atoms with E-state index in [2.05, 4.69) is 0 Å². The molecule has 0 saturated carbocycles. The number of nitrogens with zero attached hydrogens (tertiary/aromatic N) is 1. The number of oxazole rings is 1. The van der Waals surface area contributed by atoms with Crippen molar-refractivity contribution in [1.29, 1.82) is 0 Å². The number of fused-ring (bicyclic) bond motifs is 1. The van der Waals surface area contributed by atoms with Crippen LogP contribution in [-0.2, 0) is 6.54 Å². The van der Waals surface area contributed by atoms with Crippen molar-refractivity contribution in [2.75, 3.05) is 0 Å². The molecule has 4 heteroatoms. The van der Waals surface area contributed by atoms with E-state index in [4.69, 9.17) is 10.2 Å². The molecule has 0 saturated heterocycles. The third-order valence-electron chi connectivity index (χ3n) is 2.67. The summed E-state index contributed by atoms with van der Waals surface area (Å²) in [6, 6.07) is 5.63. The number of aromatic nitrogens is 1. The van der Waals surface area contributed by atoms with Gasteiger partial charge in [0, 0.05) is 12.6 Å². The highest BCUT2D eigenvalue weighted by molar-refractivity contribution is 5.73. The maximum absolute atomic E-state index is 11.6. The van der Waals surface area contributed by atoms with Crippen molar-refractivity contribution in [1.82, 2.24) is 4.57 Å². The van der Waals surface area contributed by atoms with E-state index < -0.39 is 0 Å². The first kappa shape index (κ1) is 11.0. The molecule has 0 bridgehead atoms. The van der Waals surface area contributed by atoms with Crippen LogP contribution in [0.1, 0.15) is 31.9 Å². The van der Waals surface area contributed by atoms with E-state index in [1.165, 1.54) is 0 Å². The molecule has 0 radical (unpaired) electrons. The zero-order chi connectivity index (χ0) is 11.7. The fraction of sp³-hybridized carbons (Fsp3) is 0.417. The molecule has 1 aromatic carbocycles. The largest absolute Gasteiger partial charge is 0.419 e. The van der Waals surface area contributed by atoms with Crippen molar-refractivity contribution >= 4 is 11.1 Å². The van der Waals surface area contributed by atoms with E-state index in [1.807, 2.05) is 32.0 Å². The summed E-state index contributed by atoms with van der Waals surface area (Å²) in [7, 11) is 0. The molecule has 0 spiro atoms. The summed E-state index contributed by atoms with van der Waals surface area (Å²) in [5.74, 6) is -0.293. The van der Waals surface area contributed by atoms with Crippen LogP contribution in [0.4, 0.5) is 0 Å². The van der Waals surface area contributed by atoms with Gasteiger partial charge in [-0.3, -0.25) is 4.57 Å². The number of rotatable bonds is 3. The predicted molar refractivity (Wildman–Crippen MR) is 63.4 cm³/mol. The Morgan fingerprint density at radius 2 is 2.25 bits per heavy atom. The lowest BCUT2D eigenvalue weighted by Gasteiger charge is -2.04. The van der Waals surface area contributed by atoms with Crippen LogP contribution in [0.15, 0.2) is 27.4 Å². The topological polar surface area (TPSA) is 61.2 Å². The van der Waals surface area contributed by atoms with Gasteiger partial charge in [0.2, 0.25) is 0 Å². The molecule has 1 heterocycles. The van der Waals surface area contributed by atoms with Gasteiger partial charge in [0.25, 0.3) is 0 Å². The smallest absolute Gasteiger partial charge is 0.408 e. The zero-order valence-electron chi connectivity index (χ0n) is 9.56. The monoisotopic (exact) mass is 220 g/mol. The Kier molecular flexibility index (Phi) is 2.83. The van der Waals surface area contributed by atoms with Crippen LogP contribution in [0.25, 0.3) is 11.1 Å². The molecule has 0 aliphatic heterocycles. The van der Waals surface area contributed by atoms with Crippen LogP contribution in [0.2, 0.25) is 0 Å². The van der Waals surface area contributed by atoms with Crippen molar-refractivity contribution < 1.29 is 4.42 Å². The van der Waals surface area contributed by atoms with Crippen molar-refractivity contribution in [2.24, 2.45) is 5.73 Å². The minimum atomic E-state index is -0.293. The second-order valence-corrected chi connectivity index (χ2v) is 4.04. The van der Waals surface area contributed by atoms with Gasteiger partial charge in [-0.05, 0) is 31.0 Å². The van der Waals surface area contributed by atoms with Gasteiger partial charge in [0.05, 0.1) is 5.52 Å². The highest BCUT2D eigenvalue weighted by Crippen LogP contribution is 2.18. The van der Waals surface area contributed by atoms with Gasteiger partial charge in [-0.2, -0.15) is 0 Å². The molecule has 0 aliphatic rings. The molecular formula is C12H16N2O2. The van der Waals surface area contributed by atoms with Crippen molar-refractivity contribution in [3.05, 3.63) is 34.3 Å². The first-order chi connectivity index (χ1) is 7.63. The number of hydrogen-bond acceptors (Lipinski definition) is 3. The second-order valence-electron chi connectivity index (χ2n) is 4.04. The van der Waals surface area contributed by atoms with E-state index in [9.17, 15) is 4.79 Å². The molecule has 16 heavy (non-hydrogen) atoms. The molecule has 4 nitrogen and oxygen atoms in total. The lowest BCUT2D eigenvalue weighted by Crippen LogP contribution is -2.13. The summed E-state index contributed by atoms with van der Waals surface area (Å²) in [5, 5.41) is 0. The molecule has 0 unspecified atom stereocenters. The first-order valence-electron chi connectivity index (χ1n) is 5.52. The Balaban J connectivity index is 2.60. The van der Waals surface area contributed by atoms with Crippen molar-refractivity contribution in [3.8, 4) is 0 Å². The quantitative estimate of drug-likeness (QED) is 0.860. The SMILES string of the molecule is CCCn1c(=O)oc2cc([C@@H](C)N)ccc21. The lowest BCUT2D eigenvalue weighted by atomic mass is 10.1. The van der Waals surface area contributed by atoms with Crippen LogP contribution in [0.3, 0.4) is 0 Å². The summed E-state index contributed by atoms with van der Waals surface area (Å²) in [6.07, 6.45) is 0.906. The minimum absolute atomic E-state index is 0.0516. The predicted octanol–water partition coefficient (Wildman–Crippen LogP) is 2.02. The number of nitrogens with two attached hydrogens (primary N) is 1. The fourth-order valence-corrected chi connectivity index (χ4v) is 1.80. The Bertz CT molecular complexity index is 552. The van der Waals surface area contributed by atoms with Gasteiger partial charge in [-0.25, -0.2) is 4.79 Å². The van der Waals surface area contributed by atoms with Crippen LogP contribution in [-0.4, -0.2) is 4.57 Å². The third kappa shape index (κ3) is 1.76. The van der Waals surface area contributed by atoms with Crippen molar-refractivity contribution in [3.63, 3.8) is 0 Å². The lowest BCUT2D eigenvalue weighted by molar-refractivity contribution is 0.502. The zero-order valence-corrected chi connectivity index (χ0v) is 9.56. The summed E-state index contributed by atoms with van der Waals surface area (Å²) < 4.78 is 6.85. The van der Waals surface area contributed by atoms with Gasteiger partial charge in [-0.15, -0.1) is 0 Å². The molecule has 2 N–H and O–H groups in total. The third-order valence-corrected chi connectivity index (χ3v) is 2.67. The van der Waals surface area contributed by atoms with E-state index in [0.29, 0.717) is 12.1 Å². The van der Waals surface area contributed by atoms with E-state index in [0.717, 1.165) is 17.5 Å². The maximum atomic E-state index is 11.6. The summed E-state index contributed by atoms with van der Waals surface area (Å²) in [6.45, 7) is 4.62. The van der Waals surface area contributed by atoms with Gasteiger partial charge in [0.15, 0.2) is 5.58 Å². The molecular weight excluding hydrogens is 204 g/mol. The maximum Gasteiger partial charge on any atom is 0.419 e. The molecule has 0 fully saturated rings. The Morgan fingerprint density at radius 3 is 2.88 bits per heavy atom. The first-order valence-corrected chi connectivity index (χ1v) is 5.52. The minimum Gasteiger partial charge on any atom is -0.408 e. The van der Waals surface area contributed by atoms with Gasteiger partial charge in [-0.1, -0.05) is 13.0 Å². The highest BCUT2D eigenvalue weighted by Gasteiger charge is 2.09. The molecule has 1 atom stereocenters. The Labute approximate surface area is 93.7 Å². The molecule has 0 amide bonds. The van der Waals surface area contributed by atoms with Crippen LogP contribution in [0, 0.1) is 0 Å². The summed E-state index contributed by atoms with van der Waals surface area (Å²) in [5.41, 5.74) is 8.22. The Morgan fingerprint density at radius 1 is 1.50 bits per heavy atom. The van der Waals surface area contributed by atoms with Crippen LogP contribution >= 0.6 is 0 Å². The Hall–Kier alpha value is -1.55. The average molecular weight is 220 g/mol. The second kappa shape index (κ2) is 4.14.